The molecule has 0 heterocycles. The molecule has 1 atom stereocenters. The first kappa shape index (κ1) is 10.7. The summed E-state index contributed by atoms with van der Waals surface area (Å²) in [6.07, 6.45) is 0. The third-order valence-electron chi connectivity index (χ3n) is 2.29. The van der Waals surface area contributed by atoms with E-state index in [-0.39, 0.29) is 6.61 Å². The quantitative estimate of drug-likeness (QED) is 0.766. The van der Waals surface area contributed by atoms with Crippen molar-refractivity contribution >= 4 is 5.97 Å². The van der Waals surface area contributed by atoms with E-state index in [0.29, 0.717) is 5.56 Å². The number of carboxylic acids is 1. The van der Waals surface area contributed by atoms with Crippen LogP contribution in [0.4, 0.5) is 0 Å². The van der Waals surface area contributed by atoms with E-state index in [4.69, 9.17) is 10.2 Å². The fourth-order valence-electron chi connectivity index (χ4n) is 1.44. The minimum absolute atomic E-state index is 0.361. The summed E-state index contributed by atoms with van der Waals surface area (Å²) in [4.78, 5) is 10.8. The minimum Gasteiger partial charge on any atom is -0.481 e. The Bertz CT molecular complexity index is 344. The smallest absolute Gasteiger partial charge is 0.313 e. The summed E-state index contributed by atoms with van der Waals surface area (Å²) >= 11 is 0. The van der Waals surface area contributed by atoms with Crippen LogP contribution in [0.5, 0.6) is 0 Å². The molecule has 0 aliphatic rings. The number of aliphatic carboxylic acids is 1. The Morgan fingerprint density at radius 3 is 2.57 bits per heavy atom. The van der Waals surface area contributed by atoms with Crippen molar-refractivity contribution in [2.24, 2.45) is 0 Å². The van der Waals surface area contributed by atoms with Crippen LogP contribution in [0.1, 0.15) is 22.6 Å². The maximum Gasteiger partial charge on any atom is 0.313 e. The predicted molar refractivity (Wildman–Crippen MR) is 53.4 cm³/mol. The number of carbonyl (C=O) groups is 1. The monoisotopic (exact) mass is 194 g/mol. The lowest BCUT2D eigenvalue weighted by Gasteiger charge is -2.13. The van der Waals surface area contributed by atoms with E-state index >= 15 is 0 Å². The number of aliphatic hydroxyl groups is 1. The van der Waals surface area contributed by atoms with Gasteiger partial charge < -0.3 is 10.2 Å². The zero-order valence-corrected chi connectivity index (χ0v) is 8.32. The summed E-state index contributed by atoms with van der Waals surface area (Å²) in [5, 5.41) is 17.9. The summed E-state index contributed by atoms with van der Waals surface area (Å²) < 4.78 is 0. The Balaban J connectivity index is 3.15. The van der Waals surface area contributed by atoms with E-state index in [0.717, 1.165) is 11.1 Å². The molecule has 0 bridgehead atoms. The van der Waals surface area contributed by atoms with Gasteiger partial charge >= 0.3 is 5.97 Å². The molecule has 1 aromatic rings. The lowest BCUT2D eigenvalue weighted by atomic mass is 9.94. The van der Waals surface area contributed by atoms with Crippen molar-refractivity contribution in [3.05, 3.63) is 34.9 Å². The Labute approximate surface area is 83.0 Å². The van der Waals surface area contributed by atoms with Gasteiger partial charge in [0.2, 0.25) is 0 Å². The van der Waals surface area contributed by atoms with E-state index in [1.54, 1.807) is 0 Å². The zero-order chi connectivity index (χ0) is 10.7. The second-order valence-electron chi connectivity index (χ2n) is 3.43. The predicted octanol–water partition coefficient (Wildman–Crippen LogP) is 1.46. The number of hydrogen-bond donors (Lipinski definition) is 2. The molecule has 76 valence electrons. The van der Waals surface area contributed by atoms with Crippen LogP contribution < -0.4 is 0 Å². The van der Waals surface area contributed by atoms with Crippen LogP contribution in [0.3, 0.4) is 0 Å². The molecule has 3 nitrogen and oxygen atoms in total. The molecule has 0 fully saturated rings. The minimum atomic E-state index is -0.985. The van der Waals surface area contributed by atoms with Crippen LogP contribution in [-0.4, -0.2) is 22.8 Å². The van der Waals surface area contributed by atoms with E-state index in [1.807, 2.05) is 32.0 Å². The average Bonchev–Trinajstić information content (AvgIpc) is 2.11. The van der Waals surface area contributed by atoms with Crippen LogP contribution in [0, 0.1) is 13.8 Å². The molecule has 3 heteroatoms. The van der Waals surface area contributed by atoms with Gasteiger partial charge in [-0.25, -0.2) is 0 Å². The van der Waals surface area contributed by atoms with Gasteiger partial charge in [-0.3, -0.25) is 4.79 Å². The highest BCUT2D eigenvalue weighted by Gasteiger charge is 2.20. The molecule has 0 amide bonds. The molecule has 1 rings (SSSR count). The van der Waals surface area contributed by atoms with Gasteiger partial charge in [0.15, 0.2) is 0 Å². The van der Waals surface area contributed by atoms with E-state index in [9.17, 15) is 4.79 Å². The molecule has 0 aliphatic heterocycles. The molecule has 0 aromatic heterocycles. The van der Waals surface area contributed by atoms with Crippen LogP contribution in [-0.2, 0) is 4.79 Å². The summed E-state index contributed by atoms with van der Waals surface area (Å²) in [5.74, 6) is -1.80. The molecule has 0 saturated heterocycles. The molecular weight excluding hydrogens is 180 g/mol. The first-order valence-electron chi connectivity index (χ1n) is 4.47. The highest BCUT2D eigenvalue weighted by atomic mass is 16.4. The van der Waals surface area contributed by atoms with Gasteiger partial charge in [0.05, 0.1) is 6.61 Å². The SMILES string of the molecule is Cc1ccc(C)c([C@@H](CO)C(=O)O)c1. The first-order valence-corrected chi connectivity index (χ1v) is 4.47. The van der Waals surface area contributed by atoms with Gasteiger partial charge in [-0.05, 0) is 25.0 Å². The van der Waals surface area contributed by atoms with Crippen LogP contribution in [0.25, 0.3) is 0 Å². The Morgan fingerprint density at radius 2 is 2.07 bits per heavy atom. The maximum absolute atomic E-state index is 10.8. The molecule has 14 heavy (non-hydrogen) atoms. The van der Waals surface area contributed by atoms with Gasteiger partial charge in [0, 0.05) is 0 Å². The van der Waals surface area contributed by atoms with Crippen molar-refractivity contribution in [2.75, 3.05) is 6.61 Å². The third-order valence-corrected chi connectivity index (χ3v) is 2.29. The lowest BCUT2D eigenvalue weighted by molar-refractivity contribution is -0.139. The second kappa shape index (κ2) is 4.24. The van der Waals surface area contributed by atoms with Crippen LogP contribution >= 0.6 is 0 Å². The average molecular weight is 194 g/mol. The number of hydrogen-bond acceptors (Lipinski definition) is 2. The Morgan fingerprint density at radius 1 is 1.43 bits per heavy atom. The summed E-state index contributed by atoms with van der Waals surface area (Å²) in [6.45, 7) is 3.39. The normalized spacial score (nSPS) is 12.5. The molecule has 0 radical (unpaired) electrons. The number of aryl methyl sites for hydroxylation is 2. The molecule has 0 aliphatic carbocycles. The van der Waals surface area contributed by atoms with Crippen molar-refractivity contribution in [1.82, 2.24) is 0 Å². The summed E-state index contributed by atoms with van der Waals surface area (Å²) in [6, 6.07) is 5.61. The van der Waals surface area contributed by atoms with E-state index < -0.39 is 11.9 Å². The number of carboxylic acid groups (broad SMARTS) is 1. The van der Waals surface area contributed by atoms with E-state index in [2.05, 4.69) is 0 Å². The standard InChI is InChI=1S/C11H14O3/c1-7-3-4-8(2)9(5-7)10(6-12)11(13)14/h3-5,10,12H,6H2,1-2H3,(H,13,14)/t10-/m1/s1. The maximum atomic E-state index is 10.8. The van der Waals surface area contributed by atoms with Gasteiger partial charge in [0.1, 0.15) is 5.92 Å². The lowest BCUT2D eigenvalue weighted by Crippen LogP contribution is -2.16. The van der Waals surface area contributed by atoms with Gasteiger partial charge in [-0.1, -0.05) is 23.8 Å². The highest BCUT2D eigenvalue weighted by molar-refractivity contribution is 5.76. The van der Waals surface area contributed by atoms with Gasteiger partial charge in [-0.15, -0.1) is 0 Å². The Hall–Kier alpha value is -1.35. The van der Waals surface area contributed by atoms with Gasteiger partial charge in [0.25, 0.3) is 0 Å². The van der Waals surface area contributed by atoms with Crippen LogP contribution in [0.15, 0.2) is 18.2 Å². The first-order chi connectivity index (χ1) is 6.56. The molecule has 1 aromatic carbocycles. The van der Waals surface area contributed by atoms with Crippen LogP contribution in [0.2, 0.25) is 0 Å². The molecule has 0 saturated carbocycles. The molecule has 0 spiro atoms. The van der Waals surface area contributed by atoms with Crippen molar-refractivity contribution in [1.29, 1.82) is 0 Å². The molecular formula is C11H14O3. The van der Waals surface area contributed by atoms with Crippen molar-refractivity contribution in [3.8, 4) is 0 Å². The summed E-state index contributed by atoms with van der Waals surface area (Å²) in [7, 11) is 0. The molecule has 2 N–H and O–H groups in total. The second-order valence-corrected chi connectivity index (χ2v) is 3.43. The third kappa shape index (κ3) is 2.12. The van der Waals surface area contributed by atoms with Crippen molar-refractivity contribution < 1.29 is 15.0 Å². The Kier molecular flexibility index (Phi) is 3.25. The molecule has 0 unspecified atom stereocenters. The number of benzene rings is 1. The van der Waals surface area contributed by atoms with Crippen molar-refractivity contribution in [3.63, 3.8) is 0 Å². The number of aliphatic hydroxyl groups excluding tert-OH is 1. The largest absolute Gasteiger partial charge is 0.481 e. The van der Waals surface area contributed by atoms with Gasteiger partial charge in [-0.2, -0.15) is 0 Å². The summed E-state index contributed by atoms with van der Waals surface area (Å²) in [5.41, 5.74) is 2.60. The van der Waals surface area contributed by atoms with E-state index in [1.165, 1.54) is 0 Å². The van der Waals surface area contributed by atoms with Crippen molar-refractivity contribution in [2.45, 2.75) is 19.8 Å². The zero-order valence-electron chi connectivity index (χ0n) is 8.32. The topological polar surface area (TPSA) is 57.5 Å². The fourth-order valence-corrected chi connectivity index (χ4v) is 1.44. The number of rotatable bonds is 3. The highest BCUT2D eigenvalue weighted by Crippen LogP contribution is 2.21. The fraction of sp³-hybridized carbons (Fsp3) is 0.364.